The first-order valence-corrected chi connectivity index (χ1v) is 11.6. The molecule has 30 heavy (non-hydrogen) atoms. The summed E-state index contributed by atoms with van der Waals surface area (Å²) in [5.41, 5.74) is 6.62. The highest BCUT2D eigenvalue weighted by molar-refractivity contribution is 7.83. The van der Waals surface area contributed by atoms with Crippen LogP contribution in [0.1, 0.15) is 59.1 Å². The van der Waals surface area contributed by atoms with Gasteiger partial charge in [0.2, 0.25) is 0 Å². The van der Waals surface area contributed by atoms with Crippen LogP contribution in [0.3, 0.4) is 0 Å². The van der Waals surface area contributed by atoms with Crippen molar-refractivity contribution in [1.82, 2.24) is 9.78 Å². The number of rotatable bonds is 3. The highest BCUT2D eigenvalue weighted by atomic mass is 32.2. The Labute approximate surface area is 180 Å². The number of fused-ring (bicyclic) bond motifs is 1. The molecule has 1 aromatic heterocycles. The summed E-state index contributed by atoms with van der Waals surface area (Å²) in [6.45, 7) is 10.5. The number of carbonyl (C=O) groups is 1. The van der Waals surface area contributed by atoms with Crippen molar-refractivity contribution in [2.75, 3.05) is 5.32 Å². The van der Waals surface area contributed by atoms with Gasteiger partial charge in [-0.2, -0.15) is 5.10 Å². The predicted molar refractivity (Wildman–Crippen MR) is 122 cm³/mol. The molecule has 1 atom stereocenters. The minimum Gasteiger partial charge on any atom is -0.306 e. The van der Waals surface area contributed by atoms with Gasteiger partial charge in [-0.25, -0.2) is 4.68 Å². The van der Waals surface area contributed by atoms with Crippen molar-refractivity contribution in [2.45, 2.75) is 51.5 Å². The molecule has 1 aliphatic rings. The SMILES string of the molecule is Cc1ccc(-n2nc3c(c2NC(=O)c2ccc(C(C)(C)C)cc2)CS(=O)C3)c(C)c1. The molecule has 2 heterocycles. The van der Waals surface area contributed by atoms with Gasteiger partial charge in [-0.1, -0.05) is 50.6 Å². The first kappa shape index (κ1) is 20.5. The second-order valence-electron chi connectivity index (χ2n) is 8.99. The molecule has 0 saturated carbocycles. The van der Waals surface area contributed by atoms with Crippen molar-refractivity contribution in [2.24, 2.45) is 0 Å². The van der Waals surface area contributed by atoms with E-state index >= 15 is 0 Å². The second-order valence-corrected chi connectivity index (χ2v) is 10.4. The average Bonchev–Trinajstić information content (AvgIpc) is 3.18. The summed E-state index contributed by atoms with van der Waals surface area (Å²) in [7, 11) is -0.972. The van der Waals surface area contributed by atoms with Gasteiger partial charge in [-0.3, -0.25) is 9.00 Å². The highest BCUT2D eigenvalue weighted by Crippen LogP contribution is 2.33. The lowest BCUT2D eigenvalue weighted by Crippen LogP contribution is -2.17. The normalized spacial score (nSPS) is 15.8. The molecule has 156 valence electrons. The van der Waals surface area contributed by atoms with E-state index in [0.717, 1.165) is 22.5 Å². The summed E-state index contributed by atoms with van der Waals surface area (Å²) < 4.78 is 13.9. The van der Waals surface area contributed by atoms with E-state index in [-0.39, 0.29) is 11.3 Å². The van der Waals surface area contributed by atoms with E-state index in [0.29, 0.717) is 22.9 Å². The fourth-order valence-electron chi connectivity index (χ4n) is 3.77. The maximum Gasteiger partial charge on any atom is 0.256 e. The Kier molecular flexibility index (Phi) is 5.14. The summed E-state index contributed by atoms with van der Waals surface area (Å²) in [6, 6.07) is 13.8. The summed E-state index contributed by atoms with van der Waals surface area (Å²) in [5.74, 6) is 1.27. The minimum atomic E-state index is -0.972. The van der Waals surface area contributed by atoms with Crippen LogP contribution in [0.2, 0.25) is 0 Å². The predicted octanol–water partition coefficient (Wildman–Crippen LogP) is 4.80. The number of amides is 1. The van der Waals surface area contributed by atoms with Crippen LogP contribution in [0, 0.1) is 13.8 Å². The van der Waals surface area contributed by atoms with Gasteiger partial charge in [0, 0.05) is 21.9 Å². The van der Waals surface area contributed by atoms with E-state index in [2.05, 4.69) is 32.2 Å². The van der Waals surface area contributed by atoms with Crippen molar-refractivity contribution in [3.8, 4) is 5.69 Å². The smallest absolute Gasteiger partial charge is 0.256 e. The number of hydrogen-bond donors (Lipinski definition) is 1. The van der Waals surface area contributed by atoms with Gasteiger partial charge in [0.05, 0.1) is 22.9 Å². The molecule has 6 heteroatoms. The number of benzene rings is 2. The molecule has 1 amide bonds. The fourth-order valence-corrected chi connectivity index (χ4v) is 5.04. The molecule has 4 rings (SSSR count). The van der Waals surface area contributed by atoms with Crippen LogP contribution in [0.5, 0.6) is 0 Å². The molecule has 1 N–H and O–H groups in total. The van der Waals surface area contributed by atoms with Crippen LogP contribution in [0.4, 0.5) is 5.82 Å². The third kappa shape index (κ3) is 3.84. The molecule has 3 aromatic rings. The van der Waals surface area contributed by atoms with Crippen LogP contribution in [-0.4, -0.2) is 19.9 Å². The van der Waals surface area contributed by atoms with Gasteiger partial charge in [0.1, 0.15) is 5.82 Å². The van der Waals surface area contributed by atoms with Gasteiger partial charge >= 0.3 is 0 Å². The van der Waals surface area contributed by atoms with E-state index in [1.807, 2.05) is 50.2 Å². The Morgan fingerprint density at radius 3 is 2.40 bits per heavy atom. The van der Waals surface area contributed by atoms with Crippen LogP contribution >= 0.6 is 0 Å². The second kappa shape index (κ2) is 7.51. The molecule has 0 aliphatic carbocycles. The Morgan fingerprint density at radius 1 is 1.07 bits per heavy atom. The van der Waals surface area contributed by atoms with Gasteiger partial charge in [-0.05, 0) is 48.6 Å². The van der Waals surface area contributed by atoms with E-state index in [9.17, 15) is 9.00 Å². The molecule has 0 fully saturated rings. The maximum absolute atomic E-state index is 13.0. The Balaban J connectivity index is 1.71. The average molecular weight is 422 g/mol. The summed E-state index contributed by atoms with van der Waals surface area (Å²) >= 11 is 0. The Morgan fingerprint density at radius 2 is 1.77 bits per heavy atom. The third-order valence-corrected chi connectivity index (χ3v) is 6.70. The lowest BCUT2D eigenvalue weighted by Gasteiger charge is -2.19. The molecule has 0 bridgehead atoms. The topological polar surface area (TPSA) is 64.0 Å². The zero-order valence-corrected chi connectivity index (χ0v) is 18.9. The summed E-state index contributed by atoms with van der Waals surface area (Å²) in [5, 5.41) is 7.76. The van der Waals surface area contributed by atoms with Crippen LogP contribution < -0.4 is 5.32 Å². The van der Waals surface area contributed by atoms with Crippen molar-refractivity contribution in [3.63, 3.8) is 0 Å². The number of aryl methyl sites for hydroxylation is 2. The zero-order chi connectivity index (χ0) is 21.6. The van der Waals surface area contributed by atoms with Crippen molar-refractivity contribution < 1.29 is 9.00 Å². The van der Waals surface area contributed by atoms with E-state index in [1.54, 1.807) is 4.68 Å². The molecule has 0 saturated heterocycles. The molecule has 5 nitrogen and oxygen atoms in total. The van der Waals surface area contributed by atoms with Gasteiger partial charge < -0.3 is 5.32 Å². The Hall–Kier alpha value is -2.73. The van der Waals surface area contributed by atoms with E-state index in [4.69, 9.17) is 5.10 Å². The lowest BCUT2D eigenvalue weighted by molar-refractivity contribution is 0.102. The zero-order valence-electron chi connectivity index (χ0n) is 18.1. The lowest BCUT2D eigenvalue weighted by atomic mass is 9.87. The number of nitrogens with zero attached hydrogens (tertiary/aromatic N) is 2. The number of anilines is 1. The number of aromatic nitrogens is 2. The maximum atomic E-state index is 13.0. The number of nitrogens with one attached hydrogen (secondary N) is 1. The largest absolute Gasteiger partial charge is 0.306 e. The molecule has 0 radical (unpaired) electrons. The standard InChI is InChI=1S/C24H27N3O2S/c1-15-6-11-21(16(2)12-15)27-22(19-13-30(29)14-20(19)26-27)25-23(28)17-7-9-18(10-8-17)24(3,4)5/h6-12H,13-14H2,1-5H3,(H,25,28). The van der Waals surface area contributed by atoms with Gasteiger partial charge in [0.15, 0.2) is 0 Å². The Bertz CT molecular complexity index is 1150. The van der Waals surface area contributed by atoms with Gasteiger partial charge in [0.25, 0.3) is 5.91 Å². The van der Waals surface area contributed by atoms with Crippen LogP contribution in [0.25, 0.3) is 5.69 Å². The monoisotopic (exact) mass is 421 g/mol. The summed E-state index contributed by atoms with van der Waals surface area (Å²) in [6.07, 6.45) is 0. The fraction of sp³-hybridized carbons (Fsp3) is 0.333. The first-order chi connectivity index (χ1) is 14.1. The molecule has 2 aromatic carbocycles. The van der Waals surface area contributed by atoms with Crippen molar-refractivity contribution in [1.29, 1.82) is 0 Å². The minimum absolute atomic E-state index is 0.0292. The van der Waals surface area contributed by atoms with E-state index < -0.39 is 10.8 Å². The first-order valence-electron chi connectivity index (χ1n) is 10.1. The third-order valence-electron chi connectivity index (χ3n) is 5.50. The number of hydrogen-bond acceptors (Lipinski definition) is 3. The van der Waals surface area contributed by atoms with Crippen molar-refractivity contribution >= 4 is 22.5 Å². The molecule has 1 aliphatic heterocycles. The molecular weight excluding hydrogens is 394 g/mol. The van der Waals surface area contributed by atoms with Crippen molar-refractivity contribution in [3.05, 3.63) is 76.0 Å². The molecular formula is C24H27N3O2S. The van der Waals surface area contributed by atoms with Gasteiger partial charge in [-0.15, -0.1) is 0 Å². The van der Waals surface area contributed by atoms with Crippen LogP contribution in [0.15, 0.2) is 42.5 Å². The highest BCUT2D eigenvalue weighted by Gasteiger charge is 2.29. The molecule has 1 unspecified atom stereocenters. The quantitative estimate of drug-likeness (QED) is 0.661. The van der Waals surface area contributed by atoms with Crippen LogP contribution in [-0.2, 0) is 27.7 Å². The summed E-state index contributed by atoms with van der Waals surface area (Å²) in [4.78, 5) is 13.0. The molecule has 0 spiro atoms. The van der Waals surface area contributed by atoms with E-state index in [1.165, 1.54) is 11.1 Å². The number of carbonyl (C=O) groups excluding carboxylic acids is 1.